The van der Waals surface area contributed by atoms with Gasteiger partial charge < -0.3 is 14.8 Å². The van der Waals surface area contributed by atoms with Crippen molar-refractivity contribution in [2.45, 2.75) is 26.3 Å². The smallest absolute Gasteiger partial charge is 0.156 e. The molecular weight excluding hydrogens is 318 g/mol. The summed E-state index contributed by atoms with van der Waals surface area (Å²) in [6.07, 6.45) is 0.923. The van der Waals surface area contributed by atoms with Gasteiger partial charge >= 0.3 is 0 Å². The van der Waals surface area contributed by atoms with Crippen LogP contribution in [0.1, 0.15) is 20.3 Å². The second kappa shape index (κ2) is 7.87. The number of nitrogens with one attached hydrogen (secondary N) is 1. The molecule has 0 aliphatic carbocycles. The summed E-state index contributed by atoms with van der Waals surface area (Å²) in [6, 6.07) is 3.99. The maximum absolute atomic E-state index is 6.06. The minimum absolute atomic E-state index is 0.287. The summed E-state index contributed by atoms with van der Waals surface area (Å²) in [7, 11) is 1.70. The second-order valence-electron chi connectivity index (χ2n) is 4.02. The zero-order chi connectivity index (χ0) is 13.5. The van der Waals surface area contributed by atoms with E-state index in [2.05, 4.69) is 28.2 Å². The average Bonchev–Trinajstić information content (AvgIpc) is 2.31. The van der Waals surface area contributed by atoms with E-state index in [0.717, 1.165) is 28.9 Å². The van der Waals surface area contributed by atoms with E-state index in [-0.39, 0.29) is 6.04 Å². The standard InChI is InChI=1S/C13H19BrClNO2/c1-4-18-13-11(14)7-10(15)8-12(13)16-9(2)5-6-17-3/h7-9,16H,4-6H2,1-3H3. The molecule has 0 radical (unpaired) electrons. The van der Waals surface area contributed by atoms with E-state index in [0.29, 0.717) is 11.6 Å². The van der Waals surface area contributed by atoms with Crippen LogP contribution >= 0.6 is 27.5 Å². The highest BCUT2D eigenvalue weighted by Crippen LogP contribution is 2.37. The molecule has 1 atom stereocenters. The first kappa shape index (κ1) is 15.6. The van der Waals surface area contributed by atoms with Gasteiger partial charge in [0.1, 0.15) is 0 Å². The van der Waals surface area contributed by atoms with Crippen molar-refractivity contribution in [2.75, 3.05) is 25.6 Å². The van der Waals surface area contributed by atoms with Crippen LogP contribution in [0.3, 0.4) is 0 Å². The van der Waals surface area contributed by atoms with Crippen molar-refractivity contribution in [1.82, 2.24) is 0 Å². The maximum atomic E-state index is 6.06. The first-order chi connectivity index (χ1) is 8.58. The van der Waals surface area contributed by atoms with E-state index < -0.39 is 0 Å². The minimum atomic E-state index is 0.287. The topological polar surface area (TPSA) is 30.5 Å². The third kappa shape index (κ3) is 4.67. The van der Waals surface area contributed by atoms with Crippen LogP contribution in [0.5, 0.6) is 5.75 Å². The fourth-order valence-corrected chi connectivity index (χ4v) is 2.52. The molecule has 0 aliphatic rings. The van der Waals surface area contributed by atoms with E-state index in [1.807, 2.05) is 19.1 Å². The fourth-order valence-electron chi connectivity index (χ4n) is 1.59. The van der Waals surface area contributed by atoms with E-state index in [4.69, 9.17) is 21.1 Å². The van der Waals surface area contributed by atoms with Gasteiger partial charge in [0.2, 0.25) is 0 Å². The largest absolute Gasteiger partial charge is 0.491 e. The van der Waals surface area contributed by atoms with Crippen LogP contribution in [0.2, 0.25) is 5.02 Å². The maximum Gasteiger partial charge on any atom is 0.156 e. The van der Waals surface area contributed by atoms with Gasteiger partial charge in [0.25, 0.3) is 0 Å². The molecule has 1 rings (SSSR count). The van der Waals surface area contributed by atoms with E-state index in [9.17, 15) is 0 Å². The number of rotatable bonds is 7. The lowest BCUT2D eigenvalue weighted by atomic mass is 10.2. The number of benzene rings is 1. The Balaban J connectivity index is 2.85. The summed E-state index contributed by atoms with van der Waals surface area (Å²) < 4.78 is 11.6. The SMILES string of the molecule is CCOc1c(Br)cc(Cl)cc1NC(C)CCOC. The van der Waals surface area contributed by atoms with Crippen molar-refractivity contribution in [2.24, 2.45) is 0 Å². The molecule has 0 spiro atoms. The lowest BCUT2D eigenvalue weighted by Gasteiger charge is -2.19. The minimum Gasteiger partial charge on any atom is -0.491 e. The Morgan fingerprint density at radius 1 is 1.44 bits per heavy atom. The highest BCUT2D eigenvalue weighted by molar-refractivity contribution is 9.10. The molecule has 1 aromatic carbocycles. The molecule has 102 valence electrons. The number of halogens is 2. The van der Waals surface area contributed by atoms with Gasteiger partial charge in [-0.2, -0.15) is 0 Å². The number of ether oxygens (including phenoxy) is 2. The highest BCUT2D eigenvalue weighted by Gasteiger charge is 2.12. The lowest BCUT2D eigenvalue weighted by Crippen LogP contribution is -2.18. The van der Waals surface area contributed by atoms with Gasteiger partial charge in [-0.25, -0.2) is 0 Å². The molecule has 0 aliphatic heterocycles. The van der Waals surface area contributed by atoms with E-state index in [1.54, 1.807) is 7.11 Å². The molecule has 1 unspecified atom stereocenters. The molecule has 5 heteroatoms. The molecule has 0 saturated heterocycles. The normalized spacial score (nSPS) is 12.3. The van der Waals surface area contributed by atoms with Crippen LogP contribution in [0, 0.1) is 0 Å². The summed E-state index contributed by atoms with van der Waals surface area (Å²) in [5.74, 6) is 0.797. The summed E-state index contributed by atoms with van der Waals surface area (Å²) in [5.41, 5.74) is 0.903. The summed E-state index contributed by atoms with van der Waals surface area (Å²) in [5, 5.41) is 4.07. The van der Waals surface area contributed by atoms with Gasteiger partial charge in [0, 0.05) is 24.8 Å². The molecule has 0 saturated carbocycles. The predicted molar refractivity (Wildman–Crippen MR) is 79.9 cm³/mol. The Labute approximate surface area is 122 Å². The number of hydrogen-bond donors (Lipinski definition) is 1. The van der Waals surface area contributed by atoms with Crippen molar-refractivity contribution in [3.8, 4) is 5.75 Å². The molecule has 18 heavy (non-hydrogen) atoms. The van der Waals surface area contributed by atoms with Gasteiger partial charge in [-0.05, 0) is 48.3 Å². The number of anilines is 1. The van der Waals surface area contributed by atoms with Gasteiger partial charge in [-0.1, -0.05) is 11.6 Å². The van der Waals surface area contributed by atoms with Crippen molar-refractivity contribution in [3.63, 3.8) is 0 Å². The quantitative estimate of drug-likeness (QED) is 0.803. The Morgan fingerprint density at radius 2 is 2.17 bits per heavy atom. The molecule has 0 heterocycles. The van der Waals surface area contributed by atoms with Crippen LogP contribution in [-0.4, -0.2) is 26.4 Å². The average molecular weight is 337 g/mol. The zero-order valence-corrected chi connectivity index (χ0v) is 13.3. The van der Waals surface area contributed by atoms with Crippen molar-refractivity contribution in [3.05, 3.63) is 21.6 Å². The van der Waals surface area contributed by atoms with E-state index in [1.165, 1.54) is 0 Å². The summed E-state index contributed by atoms with van der Waals surface area (Å²) >= 11 is 9.53. The second-order valence-corrected chi connectivity index (χ2v) is 5.31. The van der Waals surface area contributed by atoms with Gasteiger partial charge in [0.15, 0.2) is 5.75 Å². The van der Waals surface area contributed by atoms with Crippen molar-refractivity contribution >= 4 is 33.2 Å². The van der Waals surface area contributed by atoms with Crippen LogP contribution in [0.25, 0.3) is 0 Å². The highest BCUT2D eigenvalue weighted by atomic mass is 79.9. The molecular formula is C13H19BrClNO2. The monoisotopic (exact) mass is 335 g/mol. The first-order valence-corrected chi connectivity index (χ1v) is 7.12. The first-order valence-electron chi connectivity index (χ1n) is 5.95. The fraction of sp³-hybridized carbons (Fsp3) is 0.538. The van der Waals surface area contributed by atoms with Crippen LogP contribution < -0.4 is 10.1 Å². The van der Waals surface area contributed by atoms with E-state index >= 15 is 0 Å². The zero-order valence-electron chi connectivity index (χ0n) is 10.9. The van der Waals surface area contributed by atoms with Crippen LogP contribution in [0.15, 0.2) is 16.6 Å². The van der Waals surface area contributed by atoms with Crippen LogP contribution in [-0.2, 0) is 4.74 Å². The van der Waals surface area contributed by atoms with Crippen molar-refractivity contribution in [1.29, 1.82) is 0 Å². The molecule has 1 aromatic rings. The molecule has 0 aromatic heterocycles. The van der Waals surface area contributed by atoms with Gasteiger partial charge in [-0.15, -0.1) is 0 Å². The Kier molecular flexibility index (Phi) is 6.82. The Morgan fingerprint density at radius 3 is 2.78 bits per heavy atom. The molecule has 0 amide bonds. The molecule has 3 nitrogen and oxygen atoms in total. The summed E-state index contributed by atoms with van der Waals surface area (Å²) in [4.78, 5) is 0. The summed E-state index contributed by atoms with van der Waals surface area (Å²) in [6.45, 7) is 5.39. The molecule has 0 fully saturated rings. The Bertz CT molecular complexity index is 387. The van der Waals surface area contributed by atoms with Crippen LogP contribution in [0.4, 0.5) is 5.69 Å². The van der Waals surface area contributed by atoms with Crippen molar-refractivity contribution < 1.29 is 9.47 Å². The third-order valence-electron chi connectivity index (χ3n) is 2.45. The van der Waals surface area contributed by atoms with Gasteiger partial charge in [-0.3, -0.25) is 0 Å². The third-order valence-corrected chi connectivity index (χ3v) is 3.26. The Hall–Kier alpha value is -0.450. The number of methoxy groups -OCH3 is 1. The number of hydrogen-bond acceptors (Lipinski definition) is 3. The molecule has 0 bridgehead atoms. The van der Waals surface area contributed by atoms with Gasteiger partial charge in [0.05, 0.1) is 16.8 Å². The molecule has 1 N–H and O–H groups in total. The lowest BCUT2D eigenvalue weighted by molar-refractivity contribution is 0.191. The predicted octanol–water partition coefficient (Wildman–Crippen LogP) is 4.34.